The molecule has 182 valence electrons. The number of piperazine rings is 1. The number of para-hydroxylation sites is 1. The first-order valence-electron chi connectivity index (χ1n) is 11.4. The van der Waals surface area contributed by atoms with E-state index in [9.17, 15) is 10.1 Å². The molecule has 0 aliphatic carbocycles. The number of anilines is 1. The summed E-state index contributed by atoms with van der Waals surface area (Å²) in [6.45, 7) is 7.85. The van der Waals surface area contributed by atoms with E-state index in [1.54, 1.807) is 17.0 Å². The van der Waals surface area contributed by atoms with Gasteiger partial charge >= 0.3 is 5.97 Å². The zero-order chi connectivity index (χ0) is 24.5. The number of carbonyl (C=O) groups is 2. The van der Waals surface area contributed by atoms with Crippen molar-refractivity contribution in [1.29, 1.82) is 0 Å². The molecule has 2 heterocycles. The fraction of sp³-hybridized carbons (Fsp3) is 0.417. The Morgan fingerprint density at radius 2 is 1.53 bits per heavy atom. The van der Waals surface area contributed by atoms with Crippen LogP contribution in [0.2, 0.25) is 0 Å². The van der Waals surface area contributed by atoms with Gasteiger partial charge in [0.1, 0.15) is 6.54 Å². The lowest BCUT2D eigenvalue weighted by molar-refractivity contribution is -0.919. The SMILES string of the molecule is O=C([O-])C(=O)O.O=[N+]([O-])c1ccc(C[NH+]2CCC(N3CCN(c4ccccc4)CC3)CC2)cc1. The van der Waals surface area contributed by atoms with E-state index in [1.807, 2.05) is 12.1 Å². The van der Waals surface area contributed by atoms with Gasteiger partial charge in [-0.1, -0.05) is 18.2 Å². The van der Waals surface area contributed by atoms with Crippen LogP contribution in [0.4, 0.5) is 11.4 Å². The summed E-state index contributed by atoms with van der Waals surface area (Å²) in [5.41, 5.74) is 2.70. The zero-order valence-corrected chi connectivity index (χ0v) is 19.0. The molecular formula is C24H30N4O6. The van der Waals surface area contributed by atoms with Gasteiger partial charge in [0.25, 0.3) is 5.69 Å². The van der Waals surface area contributed by atoms with Crippen LogP contribution in [0.15, 0.2) is 54.6 Å². The number of nitrogens with zero attached hydrogens (tertiary/aromatic N) is 3. The molecule has 34 heavy (non-hydrogen) atoms. The van der Waals surface area contributed by atoms with Crippen molar-refractivity contribution in [2.24, 2.45) is 0 Å². The molecular weight excluding hydrogens is 440 g/mol. The molecule has 0 aromatic heterocycles. The van der Waals surface area contributed by atoms with E-state index in [2.05, 4.69) is 40.1 Å². The molecule has 0 unspecified atom stereocenters. The summed E-state index contributed by atoms with van der Waals surface area (Å²) in [5.74, 6) is -4.01. The molecule has 0 bridgehead atoms. The number of carboxylic acid groups (broad SMARTS) is 2. The monoisotopic (exact) mass is 470 g/mol. The van der Waals surface area contributed by atoms with Crippen LogP contribution in [0.5, 0.6) is 0 Å². The fourth-order valence-corrected chi connectivity index (χ4v) is 4.56. The number of likely N-dealkylation sites (tertiary alicyclic amines) is 1. The highest BCUT2D eigenvalue weighted by atomic mass is 16.6. The molecule has 0 saturated carbocycles. The van der Waals surface area contributed by atoms with Crippen molar-refractivity contribution in [3.63, 3.8) is 0 Å². The molecule has 2 saturated heterocycles. The molecule has 10 nitrogen and oxygen atoms in total. The van der Waals surface area contributed by atoms with E-state index >= 15 is 0 Å². The van der Waals surface area contributed by atoms with Crippen LogP contribution in [0.1, 0.15) is 18.4 Å². The maximum Gasteiger partial charge on any atom is 0.351 e. The van der Waals surface area contributed by atoms with Crippen LogP contribution in [0.3, 0.4) is 0 Å². The standard InChI is InChI=1S/C22H28N4O2.C2H2O4/c27-26(28)22-8-6-19(7-9-22)18-23-12-10-21(11-13-23)25-16-14-24(15-17-25)20-4-2-1-3-5-20;3-1(4)2(5)6/h1-9,21H,10-18H2;(H,3,4)(H,5,6). The Morgan fingerprint density at radius 3 is 2.03 bits per heavy atom. The lowest BCUT2D eigenvalue weighted by atomic mass is 10.0. The predicted molar refractivity (Wildman–Crippen MR) is 123 cm³/mol. The highest BCUT2D eigenvalue weighted by molar-refractivity contribution is 6.26. The fourth-order valence-electron chi connectivity index (χ4n) is 4.56. The maximum atomic E-state index is 10.8. The second kappa shape index (κ2) is 12.1. The Labute approximate surface area is 198 Å². The third-order valence-electron chi connectivity index (χ3n) is 6.39. The van der Waals surface area contributed by atoms with Crippen LogP contribution < -0.4 is 14.9 Å². The quantitative estimate of drug-likeness (QED) is 0.349. The molecule has 4 rings (SSSR count). The number of rotatable bonds is 5. The van der Waals surface area contributed by atoms with Gasteiger partial charge in [-0.3, -0.25) is 15.0 Å². The first kappa shape index (κ1) is 25.1. The van der Waals surface area contributed by atoms with Crippen molar-refractivity contribution < 1.29 is 29.6 Å². The van der Waals surface area contributed by atoms with Crippen LogP contribution >= 0.6 is 0 Å². The minimum Gasteiger partial charge on any atom is -0.539 e. The summed E-state index contributed by atoms with van der Waals surface area (Å²) in [5, 5.41) is 27.1. The third kappa shape index (κ3) is 7.26. The number of carbonyl (C=O) groups excluding carboxylic acids is 1. The summed E-state index contributed by atoms with van der Waals surface area (Å²) in [6, 6.07) is 18.5. The molecule has 10 heteroatoms. The molecule has 2 aliphatic rings. The van der Waals surface area contributed by atoms with Crippen molar-refractivity contribution in [3.05, 3.63) is 70.3 Å². The van der Waals surface area contributed by atoms with E-state index < -0.39 is 11.9 Å². The van der Waals surface area contributed by atoms with Gasteiger partial charge in [-0.2, -0.15) is 0 Å². The number of hydrogen-bond donors (Lipinski definition) is 2. The lowest BCUT2D eigenvalue weighted by Crippen LogP contribution is -3.12. The number of nitro benzene ring substituents is 1. The molecule has 2 aliphatic heterocycles. The van der Waals surface area contributed by atoms with Gasteiger partial charge in [-0.05, 0) is 24.3 Å². The minimum atomic E-state index is -2.07. The number of aliphatic carboxylic acids is 2. The van der Waals surface area contributed by atoms with E-state index in [4.69, 9.17) is 19.8 Å². The number of piperidine rings is 1. The lowest BCUT2D eigenvalue weighted by Gasteiger charge is -2.42. The van der Waals surface area contributed by atoms with E-state index in [-0.39, 0.29) is 10.6 Å². The van der Waals surface area contributed by atoms with Crippen molar-refractivity contribution >= 4 is 23.3 Å². The Bertz CT molecular complexity index is 941. The number of nitrogens with one attached hydrogen (secondary N) is 1. The van der Waals surface area contributed by atoms with E-state index in [0.29, 0.717) is 6.04 Å². The first-order chi connectivity index (χ1) is 16.3. The highest BCUT2D eigenvalue weighted by Crippen LogP contribution is 2.19. The molecule has 2 aromatic carbocycles. The van der Waals surface area contributed by atoms with Crippen LogP contribution in [-0.2, 0) is 16.1 Å². The largest absolute Gasteiger partial charge is 0.539 e. The Hall–Kier alpha value is -3.50. The van der Waals surface area contributed by atoms with Crippen molar-refractivity contribution in [3.8, 4) is 0 Å². The zero-order valence-electron chi connectivity index (χ0n) is 19.0. The molecule has 2 aromatic rings. The summed E-state index contributed by atoms with van der Waals surface area (Å²) in [7, 11) is 0. The molecule has 0 spiro atoms. The van der Waals surface area contributed by atoms with Crippen LogP contribution in [0, 0.1) is 10.1 Å². The van der Waals surface area contributed by atoms with Gasteiger partial charge in [0, 0.05) is 68.4 Å². The molecule has 0 amide bonds. The number of benzene rings is 2. The third-order valence-corrected chi connectivity index (χ3v) is 6.39. The summed E-state index contributed by atoms with van der Waals surface area (Å²) in [6.07, 6.45) is 2.49. The average Bonchev–Trinajstić information content (AvgIpc) is 2.86. The number of carboxylic acids is 2. The number of quaternary nitrogens is 1. The average molecular weight is 471 g/mol. The minimum absolute atomic E-state index is 0.173. The second-order valence-corrected chi connectivity index (χ2v) is 8.53. The normalized spacial score (nSPS) is 20.6. The maximum absolute atomic E-state index is 10.8. The summed E-state index contributed by atoms with van der Waals surface area (Å²) < 4.78 is 0. The smallest absolute Gasteiger partial charge is 0.351 e. The molecule has 0 atom stereocenters. The van der Waals surface area contributed by atoms with E-state index in [1.165, 1.54) is 37.2 Å². The van der Waals surface area contributed by atoms with Crippen molar-refractivity contribution in [1.82, 2.24) is 4.90 Å². The summed E-state index contributed by atoms with van der Waals surface area (Å²) in [4.78, 5) is 35.2. The van der Waals surface area contributed by atoms with Gasteiger partial charge < -0.3 is 24.8 Å². The Balaban J connectivity index is 0.000000481. The Morgan fingerprint density at radius 1 is 0.971 bits per heavy atom. The molecule has 2 fully saturated rings. The van der Waals surface area contributed by atoms with Crippen molar-refractivity contribution in [2.75, 3.05) is 44.2 Å². The summed E-state index contributed by atoms with van der Waals surface area (Å²) >= 11 is 0. The topological polar surface area (TPSA) is 131 Å². The van der Waals surface area contributed by atoms with Gasteiger partial charge in [0.05, 0.1) is 18.0 Å². The van der Waals surface area contributed by atoms with Gasteiger partial charge in [0.15, 0.2) is 5.97 Å². The molecule has 0 radical (unpaired) electrons. The van der Waals surface area contributed by atoms with Crippen LogP contribution in [0.25, 0.3) is 0 Å². The van der Waals surface area contributed by atoms with Gasteiger partial charge in [-0.25, -0.2) is 4.79 Å². The highest BCUT2D eigenvalue weighted by Gasteiger charge is 2.29. The van der Waals surface area contributed by atoms with Crippen LogP contribution in [-0.4, -0.2) is 72.2 Å². The number of non-ortho nitro benzene ring substituents is 1. The number of nitro groups is 1. The van der Waals surface area contributed by atoms with Crippen molar-refractivity contribution in [2.45, 2.75) is 25.4 Å². The predicted octanol–water partition coefficient (Wildman–Crippen LogP) is -0.215. The molecule has 2 N–H and O–H groups in total. The number of hydrogen-bond acceptors (Lipinski definition) is 7. The van der Waals surface area contributed by atoms with Gasteiger partial charge in [0.2, 0.25) is 0 Å². The Kier molecular flexibility index (Phi) is 8.94. The second-order valence-electron chi connectivity index (χ2n) is 8.53. The first-order valence-corrected chi connectivity index (χ1v) is 11.4. The van der Waals surface area contributed by atoms with Gasteiger partial charge in [-0.15, -0.1) is 0 Å². The van der Waals surface area contributed by atoms with E-state index in [0.717, 1.165) is 32.7 Å².